The van der Waals surface area contributed by atoms with E-state index in [1.54, 1.807) is 34.9 Å². The predicted molar refractivity (Wildman–Crippen MR) is 161 cm³/mol. The van der Waals surface area contributed by atoms with Crippen LogP contribution in [0.5, 0.6) is 17.2 Å². The van der Waals surface area contributed by atoms with Crippen molar-refractivity contribution in [2.75, 3.05) is 45.3 Å². The number of aromatic nitrogens is 2. The molecular weight excluding hydrogens is 564 g/mol. The summed E-state index contributed by atoms with van der Waals surface area (Å²) in [5, 5.41) is 5.92. The van der Waals surface area contributed by atoms with E-state index in [-0.39, 0.29) is 37.4 Å². The van der Waals surface area contributed by atoms with Crippen LogP contribution in [0.2, 0.25) is 0 Å². The third kappa shape index (κ3) is 6.85. The van der Waals surface area contributed by atoms with Crippen LogP contribution in [-0.2, 0) is 11.3 Å². The van der Waals surface area contributed by atoms with E-state index in [1.165, 1.54) is 6.20 Å². The zero-order valence-corrected chi connectivity index (χ0v) is 25.0. The molecular formula is C32H36N6O6. The lowest BCUT2D eigenvalue weighted by Crippen LogP contribution is -2.45. The maximum absolute atomic E-state index is 13.7. The molecule has 1 saturated carbocycles. The first-order valence-electron chi connectivity index (χ1n) is 14.8. The first-order valence-corrected chi connectivity index (χ1v) is 14.8. The Balaban J connectivity index is 1.28. The van der Waals surface area contributed by atoms with Gasteiger partial charge < -0.3 is 34.6 Å². The quantitative estimate of drug-likeness (QED) is 0.453. The second-order valence-corrected chi connectivity index (χ2v) is 11.7. The van der Waals surface area contributed by atoms with Gasteiger partial charge in [0.05, 0.1) is 30.5 Å². The molecule has 2 fully saturated rings. The largest absolute Gasteiger partial charge is 0.493 e. The predicted octanol–water partition coefficient (Wildman–Crippen LogP) is 2.35. The third-order valence-electron chi connectivity index (χ3n) is 7.86. The van der Waals surface area contributed by atoms with Crippen LogP contribution in [0.15, 0.2) is 48.7 Å². The lowest BCUT2D eigenvalue weighted by atomic mass is 10.1. The number of fused-ring (bicyclic) bond motifs is 7. The Morgan fingerprint density at radius 1 is 1.09 bits per heavy atom. The van der Waals surface area contributed by atoms with Crippen molar-refractivity contribution < 1.29 is 28.6 Å². The fraction of sp³-hybridized carbons (Fsp3) is 0.406. The number of amides is 3. The van der Waals surface area contributed by atoms with E-state index in [4.69, 9.17) is 14.2 Å². The van der Waals surface area contributed by atoms with Crippen molar-refractivity contribution in [1.29, 1.82) is 0 Å². The van der Waals surface area contributed by atoms with E-state index < -0.39 is 12.1 Å². The van der Waals surface area contributed by atoms with Gasteiger partial charge in [0.15, 0.2) is 6.61 Å². The van der Waals surface area contributed by atoms with Crippen LogP contribution in [0.4, 0.5) is 5.95 Å². The van der Waals surface area contributed by atoms with Gasteiger partial charge in [-0.15, -0.1) is 0 Å². The Kier molecular flexibility index (Phi) is 8.23. The van der Waals surface area contributed by atoms with Gasteiger partial charge in [-0.25, -0.2) is 9.97 Å². The number of hydrogen-bond donors (Lipinski definition) is 2. The second-order valence-electron chi connectivity index (χ2n) is 11.7. The van der Waals surface area contributed by atoms with E-state index >= 15 is 0 Å². The average Bonchev–Trinajstić information content (AvgIpc) is 3.77. The maximum atomic E-state index is 13.7. The highest BCUT2D eigenvalue weighted by Gasteiger charge is 2.39. The number of nitrogens with zero attached hydrogens (tertiary/aromatic N) is 4. The van der Waals surface area contributed by atoms with Crippen LogP contribution in [0.3, 0.4) is 0 Å². The van der Waals surface area contributed by atoms with Gasteiger partial charge in [-0.3, -0.25) is 14.4 Å². The molecule has 7 rings (SSSR count). The Hall–Kier alpha value is -4.87. The Morgan fingerprint density at radius 2 is 1.89 bits per heavy atom. The number of likely N-dealkylation sites (tertiary alicyclic amines) is 1. The molecule has 12 heteroatoms. The number of hydrogen-bond acceptors (Lipinski definition) is 9. The van der Waals surface area contributed by atoms with Gasteiger partial charge in [0.1, 0.15) is 23.4 Å². The van der Waals surface area contributed by atoms with Crippen molar-refractivity contribution in [1.82, 2.24) is 25.5 Å². The summed E-state index contributed by atoms with van der Waals surface area (Å²) in [5.74, 6) is 1.54. The number of rotatable bonds is 5. The van der Waals surface area contributed by atoms with E-state index in [2.05, 4.69) is 20.6 Å². The third-order valence-corrected chi connectivity index (χ3v) is 7.86. The Morgan fingerprint density at radius 3 is 2.61 bits per heavy atom. The van der Waals surface area contributed by atoms with Crippen molar-refractivity contribution >= 4 is 23.7 Å². The van der Waals surface area contributed by atoms with Gasteiger partial charge in [-0.2, -0.15) is 0 Å². The number of aryl methyl sites for hydroxylation is 1. The second kappa shape index (κ2) is 12.4. The summed E-state index contributed by atoms with van der Waals surface area (Å²) in [5.41, 5.74) is 2.16. The topological polar surface area (TPSA) is 135 Å². The highest BCUT2D eigenvalue weighted by molar-refractivity contribution is 5.97. The molecule has 230 valence electrons. The highest BCUT2D eigenvalue weighted by Crippen LogP contribution is 2.31. The summed E-state index contributed by atoms with van der Waals surface area (Å²) in [7, 11) is 3.68. The molecule has 12 nitrogen and oxygen atoms in total. The Labute approximate surface area is 255 Å². The monoisotopic (exact) mass is 600 g/mol. The summed E-state index contributed by atoms with van der Waals surface area (Å²) < 4.78 is 18.1. The molecule has 2 atom stereocenters. The van der Waals surface area contributed by atoms with Gasteiger partial charge in [0, 0.05) is 45.0 Å². The Bertz CT molecular complexity index is 1560. The molecule has 3 aliphatic heterocycles. The summed E-state index contributed by atoms with van der Waals surface area (Å²) in [6.07, 6.45) is 3.25. The molecule has 1 aliphatic carbocycles. The van der Waals surface area contributed by atoms with Crippen molar-refractivity contribution in [2.24, 2.45) is 5.92 Å². The number of ether oxygens (including phenoxy) is 3. The van der Waals surface area contributed by atoms with Crippen LogP contribution >= 0.6 is 0 Å². The fourth-order valence-electron chi connectivity index (χ4n) is 5.13. The number of carbonyl (C=O) groups is 3. The molecule has 44 heavy (non-hydrogen) atoms. The van der Waals surface area contributed by atoms with Crippen molar-refractivity contribution in [2.45, 2.75) is 38.5 Å². The van der Waals surface area contributed by atoms with Crippen LogP contribution < -0.4 is 29.7 Å². The normalized spacial score (nSPS) is 20.0. The zero-order valence-electron chi connectivity index (χ0n) is 25.0. The summed E-state index contributed by atoms with van der Waals surface area (Å²) in [6.45, 7) is 2.91. The molecule has 4 bridgehead atoms. The molecule has 3 amide bonds. The van der Waals surface area contributed by atoms with Gasteiger partial charge >= 0.3 is 0 Å². The summed E-state index contributed by atoms with van der Waals surface area (Å²) >= 11 is 0. The molecule has 2 aromatic carbocycles. The number of carbonyl (C=O) groups excluding carboxylic acids is 3. The van der Waals surface area contributed by atoms with E-state index in [1.807, 2.05) is 38.4 Å². The lowest BCUT2D eigenvalue weighted by Gasteiger charge is -2.21. The summed E-state index contributed by atoms with van der Waals surface area (Å²) in [4.78, 5) is 52.0. The van der Waals surface area contributed by atoms with Crippen molar-refractivity contribution in [3.05, 3.63) is 71.0 Å². The molecule has 1 aromatic heterocycles. The average molecular weight is 601 g/mol. The van der Waals surface area contributed by atoms with E-state index in [0.717, 1.165) is 18.4 Å². The smallest absolute Gasteiger partial charge is 0.258 e. The first-order chi connectivity index (χ1) is 21.2. The molecule has 2 N–H and O–H groups in total. The van der Waals surface area contributed by atoms with Crippen LogP contribution in [0.25, 0.3) is 0 Å². The number of benzene rings is 2. The van der Waals surface area contributed by atoms with Crippen LogP contribution in [0, 0.1) is 12.8 Å². The number of anilines is 1. The molecule has 4 aliphatic rings. The van der Waals surface area contributed by atoms with Crippen LogP contribution in [-0.4, -0.2) is 85.1 Å². The minimum absolute atomic E-state index is 0.214. The minimum Gasteiger partial charge on any atom is -0.493 e. The minimum atomic E-state index is -0.531. The van der Waals surface area contributed by atoms with Crippen molar-refractivity contribution in [3.63, 3.8) is 0 Å². The fourth-order valence-corrected chi connectivity index (χ4v) is 5.13. The maximum Gasteiger partial charge on any atom is 0.258 e. The zero-order chi connectivity index (χ0) is 30.8. The van der Waals surface area contributed by atoms with Gasteiger partial charge in [0.25, 0.3) is 17.7 Å². The first kappa shape index (κ1) is 29.2. The van der Waals surface area contributed by atoms with E-state index in [0.29, 0.717) is 59.1 Å². The molecule has 0 unspecified atom stereocenters. The number of nitrogens with one attached hydrogen (secondary N) is 2. The molecule has 4 heterocycles. The van der Waals surface area contributed by atoms with Gasteiger partial charge in [-0.1, -0.05) is 12.1 Å². The van der Waals surface area contributed by atoms with Gasteiger partial charge in [-0.05, 0) is 55.5 Å². The summed E-state index contributed by atoms with van der Waals surface area (Å²) in [6, 6.07) is 11.8. The van der Waals surface area contributed by atoms with Crippen LogP contribution in [0.1, 0.15) is 44.8 Å². The van der Waals surface area contributed by atoms with E-state index in [9.17, 15) is 14.4 Å². The molecule has 1 saturated heterocycles. The van der Waals surface area contributed by atoms with Gasteiger partial charge in [0.2, 0.25) is 5.95 Å². The SMILES string of the molecule is Cc1nc(N(C)C)ncc1C(=O)N1C[C@@H]2NC(=O)c3cc(cc(OCC4CC4)c3)OCC(=O)NCc3ccc(cc3)O[C@H]2C1. The van der Waals surface area contributed by atoms with Crippen molar-refractivity contribution in [3.8, 4) is 17.2 Å². The molecule has 0 spiro atoms. The lowest BCUT2D eigenvalue weighted by molar-refractivity contribution is -0.123. The highest BCUT2D eigenvalue weighted by atomic mass is 16.5. The standard InChI is InChI=1S/C32H36N6O6/c1-19-26(14-34-32(35-19)37(2)3)31(41)38-15-27-28(16-38)44-23-8-6-20(7-9-23)13-33-29(39)18-43-25-11-22(30(40)36-27)10-24(12-25)42-17-21-4-5-21/h6-12,14,21,27-28H,4-5,13,15-18H2,1-3H3,(H,33,39)(H,36,40)/t27-,28-/m0/s1. The molecule has 3 aromatic rings. The molecule has 0 radical (unpaired) electrons.